The van der Waals surface area contributed by atoms with E-state index in [0.717, 1.165) is 16.0 Å². The zero-order chi connectivity index (χ0) is 24.8. The Balaban J connectivity index is 1.41. The molecule has 0 aliphatic carbocycles. The first kappa shape index (κ1) is 23.7. The van der Waals surface area contributed by atoms with Crippen molar-refractivity contribution in [2.75, 3.05) is 13.2 Å². The van der Waals surface area contributed by atoms with Crippen molar-refractivity contribution in [1.82, 2.24) is 24.9 Å². The molecular weight excluding hydrogens is 450 g/mol. The van der Waals surface area contributed by atoms with Gasteiger partial charge >= 0.3 is 0 Å². The molecule has 4 aromatic rings. The zero-order valence-corrected chi connectivity index (χ0v) is 19.4. The average molecular weight is 476 g/mol. The second kappa shape index (κ2) is 10.6. The number of rotatable bonds is 9. The maximum atomic E-state index is 12.7. The number of hydrogen-bond donors (Lipinski definition) is 1. The predicted molar refractivity (Wildman–Crippen MR) is 129 cm³/mol. The smallest absolute Gasteiger partial charge is 0.267 e. The lowest BCUT2D eigenvalue weighted by atomic mass is 10.1. The van der Waals surface area contributed by atoms with E-state index in [4.69, 9.17) is 9.15 Å². The highest BCUT2D eigenvalue weighted by Gasteiger charge is 2.18. The lowest BCUT2D eigenvalue weighted by Crippen LogP contribution is -2.39. The van der Waals surface area contributed by atoms with Gasteiger partial charge in [-0.3, -0.25) is 14.4 Å². The first-order valence-corrected chi connectivity index (χ1v) is 11.2. The summed E-state index contributed by atoms with van der Waals surface area (Å²) in [7, 11) is 0. The molecule has 3 aromatic heterocycles. The fraction of sp³-hybridized carbons (Fsp3) is 0.240. The average Bonchev–Trinajstić information content (AvgIpc) is 3.41. The molecule has 0 aliphatic heterocycles. The molecule has 0 spiro atoms. The number of amides is 1. The summed E-state index contributed by atoms with van der Waals surface area (Å²) in [6, 6.07) is 16.0. The molecule has 180 valence electrons. The van der Waals surface area contributed by atoms with Crippen molar-refractivity contribution in [1.29, 1.82) is 0 Å². The van der Waals surface area contributed by atoms with Crippen LogP contribution in [0.5, 0.6) is 5.75 Å². The van der Waals surface area contributed by atoms with Crippen LogP contribution in [0.2, 0.25) is 0 Å². The number of carbonyl (C=O) groups excluding carboxylic acids is 1. The number of ether oxygens (including phenoxy) is 1. The van der Waals surface area contributed by atoms with Gasteiger partial charge in [-0.2, -0.15) is 10.2 Å². The summed E-state index contributed by atoms with van der Waals surface area (Å²) in [6.07, 6.45) is 1.50. The van der Waals surface area contributed by atoms with Gasteiger partial charge in [0.25, 0.3) is 11.1 Å². The van der Waals surface area contributed by atoms with E-state index in [0.29, 0.717) is 23.8 Å². The van der Waals surface area contributed by atoms with Crippen LogP contribution in [0.4, 0.5) is 0 Å². The molecule has 0 bridgehead atoms. The van der Waals surface area contributed by atoms with Gasteiger partial charge in [-0.1, -0.05) is 0 Å². The van der Waals surface area contributed by atoms with Crippen molar-refractivity contribution in [3.8, 4) is 28.5 Å². The minimum absolute atomic E-state index is 0.148. The number of carbonyl (C=O) groups is 1. The molecule has 0 fully saturated rings. The molecule has 0 radical (unpaired) electrons. The van der Waals surface area contributed by atoms with E-state index < -0.39 is 17.5 Å². The van der Waals surface area contributed by atoms with Crippen LogP contribution in [0.1, 0.15) is 19.9 Å². The van der Waals surface area contributed by atoms with Gasteiger partial charge in [0.05, 0.1) is 25.1 Å². The maximum Gasteiger partial charge on any atom is 0.267 e. The van der Waals surface area contributed by atoms with E-state index in [2.05, 4.69) is 15.5 Å². The summed E-state index contributed by atoms with van der Waals surface area (Å²) < 4.78 is 13.2. The molecule has 35 heavy (non-hydrogen) atoms. The lowest BCUT2D eigenvalue weighted by molar-refractivity contribution is -0.124. The molecule has 10 nitrogen and oxygen atoms in total. The van der Waals surface area contributed by atoms with E-state index in [-0.39, 0.29) is 18.6 Å². The predicted octanol–water partition coefficient (Wildman–Crippen LogP) is 2.50. The second-order valence-corrected chi connectivity index (χ2v) is 7.68. The van der Waals surface area contributed by atoms with E-state index in [1.54, 1.807) is 25.1 Å². The summed E-state index contributed by atoms with van der Waals surface area (Å²) in [4.78, 5) is 37.2. The Kier molecular flexibility index (Phi) is 7.20. The Morgan fingerprint density at radius 3 is 2.46 bits per heavy atom. The number of nitrogens with one attached hydrogen (secondary N) is 1. The minimum atomic E-state index is -0.864. The molecule has 1 N–H and O–H groups in total. The quantitative estimate of drug-likeness (QED) is 0.395. The van der Waals surface area contributed by atoms with Crippen LogP contribution in [0.3, 0.4) is 0 Å². The third kappa shape index (κ3) is 5.55. The van der Waals surface area contributed by atoms with Crippen LogP contribution in [0.15, 0.2) is 80.9 Å². The molecule has 0 saturated carbocycles. The van der Waals surface area contributed by atoms with Gasteiger partial charge in [-0.05, 0) is 62.4 Å². The van der Waals surface area contributed by atoms with Gasteiger partial charge in [0.1, 0.15) is 17.5 Å². The molecule has 3 heterocycles. The summed E-state index contributed by atoms with van der Waals surface area (Å²) in [5.41, 5.74) is 1.20. The first-order valence-electron chi connectivity index (χ1n) is 11.2. The highest BCUT2D eigenvalue weighted by atomic mass is 16.5. The van der Waals surface area contributed by atoms with Crippen molar-refractivity contribution in [3.63, 3.8) is 0 Å². The Bertz CT molecular complexity index is 1410. The minimum Gasteiger partial charge on any atom is -0.494 e. The topological polar surface area (TPSA) is 121 Å². The Labute approximate surface area is 200 Å². The van der Waals surface area contributed by atoms with Crippen LogP contribution in [-0.4, -0.2) is 38.6 Å². The number of benzene rings is 1. The fourth-order valence-electron chi connectivity index (χ4n) is 3.45. The van der Waals surface area contributed by atoms with Crippen molar-refractivity contribution in [2.45, 2.75) is 26.4 Å². The standard InChI is InChI=1S/C25H25N5O5/c1-3-34-19-8-6-18(7-9-19)20-10-12-23(31)29(27-20)15-14-26-25(33)17(2)30-24(32)13-11-21(28-30)22-5-4-16-35-22/h4-13,16-17H,3,14-15H2,1-2H3,(H,26,33). The number of aromatic nitrogens is 4. The zero-order valence-electron chi connectivity index (χ0n) is 19.4. The molecule has 4 rings (SSSR count). The van der Waals surface area contributed by atoms with Crippen LogP contribution in [-0.2, 0) is 11.3 Å². The molecule has 0 saturated heterocycles. The van der Waals surface area contributed by atoms with Crippen LogP contribution >= 0.6 is 0 Å². The van der Waals surface area contributed by atoms with Crippen molar-refractivity contribution in [3.05, 3.63) is 87.6 Å². The molecule has 1 aromatic carbocycles. The van der Waals surface area contributed by atoms with Gasteiger partial charge in [-0.25, -0.2) is 9.36 Å². The highest BCUT2D eigenvalue weighted by Crippen LogP contribution is 2.20. The van der Waals surface area contributed by atoms with Gasteiger partial charge in [-0.15, -0.1) is 0 Å². The molecule has 0 aliphatic rings. The van der Waals surface area contributed by atoms with Crippen molar-refractivity contribution < 1.29 is 13.9 Å². The largest absolute Gasteiger partial charge is 0.494 e. The number of nitrogens with zero attached hydrogens (tertiary/aromatic N) is 4. The normalized spacial score (nSPS) is 11.7. The van der Waals surface area contributed by atoms with Crippen LogP contribution in [0, 0.1) is 0 Å². The summed E-state index contributed by atoms with van der Waals surface area (Å²) >= 11 is 0. The van der Waals surface area contributed by atoms with Crippen LogP contribution in [0.25, 0.3) is 22.7 Å². The van der Waals surface area contributed by atoms with Gasteiger partial charge in [0.15, 0.2) is 5.76 Å². The van der Waals surface area contributed by atoms with E-state index in [1.807, 2.05) is 31.2 Å². The molecule has 1 amide bonds. The Morgan fingerprint density at radius 1 is 1.00 bits per heavy atom. The van der Waals surface area contributed by atoms with Crippen molar-refractivity contribution >= 4 is 5.91 Å². The Morgan fingerprint density at radius 2 is 1.74 bits per heavy atom. The molecule has 1 atom stereocenters. The molecule has 10 heteroatoms. The third-order valence-electron chi connectivity index (χ3n) is 5.30. The van der Waals surface area contributed by atoms with E-state index in [1.165, 1.54) is 29.1 Å². The molecular formula is C25H25N5O5. The van der Waals surface area contributed by atoms with Crippen LogP contribution < -0.4 is 21.2 Å². The van der Waals surface area contributed by atoms with E-state index >= 15 is 0 Å². The van der Waals surface area contributed by atoms with Gasteiger partial charge in [0.2, 0.25) is 5.91 Å². The second-order valence-electron chi connectivity index (χ2n) is 7.68. The summed E-state index contributed by atoms with van der Waals surface area (Å²) in [5.74, 6) is 0.834. The molecule has 1 unspecified atom stereocenters. The van der Waals surface area contributed by atoms with Gasteiger partial charge in [0, 0.05) is 24.2 Å². The number of hydrogen-bond acceptors (Lipinski definition) is 7. The Hall–Kier alpha value is -4.47. The SMILES string of the molecule is CCOc1ccc(-c2ccc(=O)n(CCNC(=O)C(C)n3nc(-c4ccco4)ccc3=O)n2)cc1. The fourth-order valence-corrected chi connectivity index (χ4v) is 3.45. The number of furan rings is 1. The van der Waals surface area contributed by atoms with E-state index in [9.17, 15) is 14.4 Å². The summed E-state index contributed by atoms with van der Waals surface area (Å²) in [5, 5.41) is 11.4. The lowest BCUT2D eigenvalue weighted by Gasteiger charge is -2.15. The monoisotopic (exact) mass is 475 g/mol. The third-order valence-corrected chi connectivity index (χ3v) is 5.30. The van der Waals surface area contributed by atoms with Crippen molar-refractivity contribution in [2.24, 2.45) is 0 Å². The first-order chi connectivity index (χ1) is 17.0. The highest BCUT2D eigenvalue weighted by molar-refractivity contribution is 5.79. The maximum absolute atomic E-state index is 12.7. The summed E-state index contributed by atoms with van der Waals surface area (Å²) in [6.45, 7) is 4.38. The van der Waals surface area contributed by atoms with Gasteiger partial charge < -0.3 is 14.5 Å².